The van der Waals surface area contributed by atoms with Gasteiger partial charge in [-0.05, 0) is 61.7 Å². The molecule has 4 amide bonds. The van der Waals surface area contributed by atoms with E-state index >= 15 is 0 Å². The van der Waals surface area contributed by atoms with Gasteiger partial charge in [0.2, 0.25) is 15.9 Å². The lowest BCUT2D eigenvalue weighted by atomic mass is 9.83. The van der Waals surface area contributed by atoms with Crippen LogP contribution in [0.1, 0.15) is 35.2 Å². The first-order chi connectivity index (χ1) is 19.3. The number of hydrogen-bond donors (Lipinski definition) is 4. The average Bonchev–Trinajstić information content (AvgIpc) is 2.91. The van der Waals surface area contributed by atoms with Crippen LogP contribution in [-0.4, -0.2) is 81.4 Å². The van der Waals surface area contributed by atoms with Crippen molar-refractivity contribution in [3.63, 3.8) is 0 Å². The molecule has 15 heteroatoms. The number of carboxylic acid groups (broad SMARTS) is 1. The Morgan fingerprint density at radius 2 is 1.93 bits per heavy atom. The predicted molar refractivity (Wildman–Crippen MR) is 151 cm³/mol. The van der Waals surface area contributed by atoms with Crippen LogP contribution in [0.2, 0.25) is 5.02 Å². The molecule has 2 aliphatic rings. The molecule has 1 fully saturated rings. The van der Waals surface area contributed by atoms with Gasteiger partial charge >= 0.3 is 12.2 Å². The molecule has 2 heterocycles. The topological polar surface area (TPSA) is 174 Å². The zero-order valence-electron chi connectivity index (χ0n) is 22.3. The van der Waals surface area contributed by atoms with Crippen molar-refractivity contribution >= 4 is 57.0 Å². The van der Waals surface area contributed by atoms with Crippen molar-refractivity contribution in [1.82, 2.24) is 14.9 Å². The van der Waals surface area contributed by atoms with Crippen LogP contribution in [-0.2, 0) is 25.2 Å². The lowest BCUT2D eigenvalue weighted by molar-refractivity contribution is -0.141. The van der Waals surface area contributed by atoms with Crippen molar-refractivity contribution in [1.29, 1.82) is 0 Å². The first-order valence-electron chi connectivity index (χ1n) is 12.7. The standard InChI is InChI=1S/C26H30ClN5O8S/c1-31(25(36)37)18-7-4-16(5-8-18)22(33)29-21(10-12-28-41(2,38)39)23(34)32-13-3-11-26(15-32)19-14-17(27)6-9-20(19)30-24(35)40-26/h4-9,14,21,28H,3,10-13,15H2,1-2H3,(H,29,33)(H,30,35)(H,36,37)/t21-,26-/m0/s1. The molecule has 2 atom stereocenters. The lowest BCUT2D eigenvalue weighted by Gasteiger charge is -2.45. The molecule has 0 saturated carbocycles. The zero-order chi connectivity index (χ0) is 29.9. The highest BCUT2D eigenvalue weighted by atomic mass is 35.5. The van der Waals surface area contributed by atoms with Crippen molar-refractivity contribution < 1.29 is 37.4 Å². The second kappa shape index (κ2) is 11.9. The number of likely N-dealkylation sites (tertiary alicyclic amines) is 1. The molecule has 0 radical (unpaired) electrons. The number of fused-ring (bicyclic) bond motifs is 2. The third kappa shape index (κ3) is 7.07. The minimum Gasteiger partial charge on any atom is -0.465 e. The second-order valence-electron chi connectivity index (χ2n) is 9.93. The molecule has 1 saturated heterocycles. The van der Waals surface area contributed by atoms with Gasteiger partial charge in [0.15, 0.2) is 5.60 Å². The molecule has 2 aromatic carbocycles. The van der Waals surface area contributed by atoms with Crippen LogP contribution in [0.25, 0.3) is 0 Å². The van der Waals surface area contributed by atoms with Gasteiger partial charge in [-0.3, -0.25) is 19.8 Å². The number of ether oxygens (including phenoxy) is 1. The Morgan fingerprint density at radius 3 is 2.59 bits per heavy atom. The minimum atomic E-state index is -3.55. The van der Waals surface area contributed by atoms with Gasteiger partial charge in [0, 0.05) is 42.0 Å². The van der Waals surface area contributed by atoms with E-state index in [-0.39, 0.29) is 25.1 Å². The maximum absolute atomic E-state index is 13.8. The van der Waals surface area contributed by atoms with E-state index in [4.69, 9.17) is 21.4 Å². The van der Waals surface area contributed by atoms with Crippen LogP contribution in [0, 0.1) is 0 Å². The van der Waals surface area contributed by atoms with E-state index in [9.17, 15) is 27.6 Å². The van der Waals surface area contributed by atoms with Gasteiger partial charge in [0.05, 0.1) is 18.5 Å². The summed E-state index contributed by atoms with van der Waals surface area (Å²) in [5, 5.41) is 14.9. The van der Waals surface area contributed by atoms with E-state index in [1.807, 2.05) is 0 Å². The lowest BCUT2D eigenvalue weighted by Crippen LogP contribution is -2.57. The van der Waals surface area contributed by atoms with Gasteiger partial charge in [0.25, 0.3) is 5.91 Å². The molecule has 41 heavy (non-hydrogen) atoms. The highest BCUT2D eigenvalue weighted by molar-refractivity contribution is 7.88. The Kier molecular flexibility index (Phi) is 8.75. The zero-order valence-corrected chi connectivity index (χ0v) is 23.9. The molecule has 0 unspecified atom stereocenters. The summed E-state index contributed by atoms with van der Waals surface area (Å²) in [6.07, 6.45) is 0.0430. The second-order valence-corrected chi connectivity index (χ2v) is 12.2. The number of carbonyl (C=O) groups is 4. The van der Waals surface area contributed by atoms with Crippen molar-refractivity contribution in [2.75, 3.05) is 43.2 Å². The highest BCUT2D eigenvalue weighted by Gasteiger charge is 2.47. The van der Waals surface area contributed by atoms with E-state index in [0.717, 1.165) is 11.2 Å². The molecule has 4 rings (SSSR count). The van der Waals surface area contributed by atoms with Crippen molar-refractivity contribution in [3.8, 4) is 0 Å². The SMILES string of the molecule is CN(C(=O)O)c1ccc(C(=O)N[C@@H](CCNS(C)(=O)=O)C(=O)N2CCC[C@@]3(C2)OC(=O)Nc2ccc(Cl)cc23)cc1. The molecule has 0 aromatic heterocycles. The van der Waals surface area contributed by atoms with Gasteiger partial charge < -0.3 is 20.1 Å². The van der Waals surface area contributed by atoms with Gasteiger partial charge in [-0.2, -0.15) is 0 Å². The fourth-order valence-corrected chi connectivity index (χ4v) is 5.60. The summed E-state index contributed by atoms with van der Waals surface area (Å²) < 4.78 is 31.4. The maximum Gasteiger partial charge on any atom is 0.412 e. The fourth-order valence-electron chi connectivity index (χ4n) is 4.94. The summed E-state index contributed by atoms with van der Waals surface area (Å²) in [4.78, 5) is 53.0. The summed E-state index contributed by atoms with van der Waals surface area (Å²) >= 11 is 6.23. The van der Waals surface area contributed by atoms with Crippen molar-refractivity contribution in [3.05, 3.63) is 58.6 Å². The number of carbonyl (C=O) groups excluding carboxylic acids is 3. The monoisotopic (exact) mass is 607 g/mol. The summed E-state index contributed by atoms with van der Waals surface area (Å²) in [5.74, 6) is -1.09. The van der Waals surface area contributed by atoms with Gasteiger partial charge in [-0.25, -0.2) is 22.7 Å². The summed E-state index contributed by atoms with van der Waals surface area (Å²) in [5.41, 5.74) is 0.524. The number of halogens is 1. The first kappa shape index (κ1) is 30.1. The van der Waals surface area contributed by atoms with Crippen LogP contribution in [0.3, 0.4) is 0 Å². The molecular weight excluding hydrogens is 578 g/mol. The Morgan fingerprint density at radius 1 is 1.22 bits per heavy atom. The maximum atomic E-state index is 13.8. The Labute approximate surface area is 241 Å². The number of anilines is 2. The van der Waals surface area contributed by atoms with Crippen LogP contribution >= 0.6 is 11.6 Å². The van der Waals surface area contributed by atoms with Gasteiger partial charge in [0.1, 0.15) is 6.04 Å². The number of benzene rings is 2. The number of piperidine rings is 1. The van der Waals surface area contributed by atoms with E-state index < -0.39 is 45.7 Å². The number of sulfonamides is 1. The molecule has 1 spiro atoms. The van der Waals surface area contributed by atoms with Crippen molar-refractivity contribution in [2.24, 2.45) is 0 Å². The minimum absolute atomic E-state index is 0.00862. The predicted octanol–water partition coefficient (Wildman–Crippen LogP) is 2.57. The molecule has 2 aromatic rings. The number of hydrogen-bond acceptors (Lipinski definition) is 7. The molecule has 0 aliphatic carbocycles. The number of nitrogens with one attached hydrogen (secondary N) is 3. The first-order valence-corrected chi connectivity index (χ1v) is 15.0. The van der Waals surface area contributed by atoms with Crippen LogP contribution in [0.15, 0.2) is 42.5 Å². The summed E-state index contributed by atoms with van der Waals surface area (Å²) in [7, 11) is -2.19. The van der Waals surface area contributed by atoms with Crippen LogP contribution < -0.4 is 20.3 Å². The van der Waals surface area contributed by atoms with E-state index in [2.05, 4.69) is 15.4 Å². The summed E-state index contributed by atoms with van der Waals surface area (Å²) in [6, 6.07) is 9.62. The number of nitrogens with zero attached hydrogens (tertiary/aromatic N) is 2. The smallest absolute Gasteiger partial charge is 0.412 e. The Bertz CT molecular complexity index is 1470. The van der Waals surface area contributed by atoms with Crippen LogP contribution in [0.4, 0.5) is 21.0 Å². The van der Waals surface area contributed by atoms with Gasteiger partial charge in [-0.15, -0.1) is 0 Å². The number of amides is 4. The van der Waals surface area contributed by atoms with E-state index in [1.54, 1.807) is 18.2 Å². The molecule has 0 bridgehead atoms. The highest BCUT2D eigenvalue weighted by Crippen LogP contribution is 2.43. The molecule has 4 N–H and O–H groups in total. The number of rotatable bonds is 8. The molecule has 2 aliphatic heterocycles. The molecule has 13 nitrogen and oxygen atoms in total. The van der Waals surface area contributed by atoms with Crippen LogP contribution in [0.5, 0.6) is 0 Å². The summed E-state index contributed by atoms with van der Waals surface area (Å²) in [6.45, 7) is 0.215. The van der Waals surface area contributed by atoms with Gasteiger partial charge in [-0.1, -0.05) is 11.6 Å². The Balaban J connectivity index is 1.56. The van der Waals surface area contributed by atoms with Crippen molar-refractivity contribution in [2.45, 2.75) is 30.9 Å². The molecule has 220 valence electrons. The third-order valence-electron chi connectivity index (χ3n) is 6.97. The quantitative estimate of drug-likeness (QED) is 0.354. The fraction of sp³-hybridized carbons (Fsp3) is 0.385. The normalized spacial score (nSPS) is 19.0. The average molecular weight is 608 g/mol. The Hall–Kier alpha value is -3.88. The molecular formula is C26H30ClN5O8S. The largest absolute Gasteiger partial charge is 0.465 e. The third-order valence-corrected chi connectivity index (χ3v) is 7.93. The van der Waals surface area contributed by atoms with E-state index in [0.29, 0.717) is 41.3 Å². The van der Waals surface area contributed by atoms with E-state index in [1.165, 1.54) is 36.2 Å².